The highest BCUT2D eigenvalue weighted by atomic mass is 79.9. The minimum Gasteiger partial charge on any atom is -0.356 e. The second-order valence-electron chi connectivity index (χ2n) is 4.20. The SMILES string of the molecule is CCCNC(=NC)NCc1cn2cc(Br)ccc2n1. The van der Waals surface area contributed by atoms with Gasteiger partial charge in [0.1, 0.15) is 5.65 Å². The first kappa shape index (κ1) is 13.9. The zero-order valence-corrected chi connectivity index (χ0v) is 12.7. The topological polar surface area (TPSA) is 53.7 Å². The Kier molecular flexibility index (Phi) is 4.79. The molecule has 0 amide bonds. The summed E-state index contributed by atoms with van der Waals surface area (Å²) in [5.41, 5.74) is 1.93. The summed E-state index contributed by atoms with van der Waals surface area (Å²) in [7, 11) is 1.77. The van der Waals surface area contributed by atoms with Crippen LogP contribution in [0.25, 0.3) is 5.65 Å². The van der Waals surface area contributed by atoms with Gasteiger partial charge >= 0.3 is 0 Å². The number of pyridine rings is 1. The number of hydrogen-bond acceptors (Lipinski definition) is 2. The molecular weight excluding hydrogens is 306 g/mol. The molecule has 102 valence electrons. The average Bonchev–Trinajstić information content (AvgIpc) is 2.81. The molecule has 5 nitrogen and oxygen atoms in total. The van der Waals surface area contributed by atoms with Gasteiger partial charge in [-0.2, -0.15) is 0 Å². The summed E-state index contributed by atoms with van der Waals surface area (Å²) in [6, 6.07) is 3.97. The molecule has 0 aliphatic rings. The first-order valence-corrected chi connectivity index (χ1v) is 7.10. The van der Waals surface area contributed by atoms with Crippen LogP contribution in [0.1, 0.15) is 19.0 Å². The molecule has 19 heavy (non-hydrogen) atoms. The highest BCUT2D eigenvalue weighted by Crippen LogP contribution is 2.12. The summed E-state index contributed by atoms with van der Waals surface area (Å²) in [5, 5.41) is 6.48. The van der Waals surface area contributed by atoms with E-state index in [9.17, 15) is 0 Å². The molecule has 2 heterocycles. The van der Waals surface area contributed by atoms with E-state index in [1.54, 1.807) is 7.05 Å². The van der Waals surface area contributed by atoms with Crippen LogP contribution in [0.5, 0.6) is 0 Å². The average molecular weight is 324 g/mol. The van der Waals surface area contributed by atoms with Crippen molar-refractivity contribution < 1.29 is 0 Å². The van der Waals surface area contributed by atoms with Crippen LogP contribution in [-0.2, 0) is 6.54 Å². The normalized spacial score (nSPS) is 11.8. The van der Waals surface area contributed by atoms with Crippen LogP contribution in [-0.4, -0.2) is 28.9 Å². The van der Waals surface area contributed by atoms with Crippen molar-refractivity contribution >= 4 is 27.5 Å². The number of guanidine groups is 1. The van der Waals surface area contributed by atoms with Gasteiger partial charge in [0.2, 0.25) is 0 Å². The van der Waals surface area contributed by atoms with Gasteiger partial charge < -0.3 is 15.0 Å². The molecule has 0 fully saturated rings. The molecule has 2 aromatic rings. The van der Waals surface area contributed by atoms with Crippen molar-refractivity contribution in [2.45, 2.75) is 19.9 Å². The summed E-state index contributed by atoms with van der Waals surface area (Å²) in [4.78, 5) is 8.70. The van der Waals surface area contributed by atoms with E-state index in [1.165, 1.54) is 0 Å². The number of rotatable bonds is 4. The fourth-order valence-electron chi connectivity index (χ4n) is 1.74. The van der Waals surface area contributed by atoms with Gasteiger partial charge in [-0.25, -0.2) is 4.98 Å². The highest BCUT2D eigenvalue weighted by molar-refractivity contribution is 9.10. The Morgan fingerprint density at radius 1 is 1.37 bits per heavy atom. The van der Waals surface area contributed by atoms with E-state index in [0.29, 0.717) is 6.54 Å². The van der Waals surface area contributed by atoms with Gasteiger partial charge in [-0.05, 0) is 34.5 Å². The molecule has 6 heteroatoms. The molecule has 0 aromatic carbocycles. The monoisotopic (exact) mass is 323 g/mol. The van der Waals surface area contributed by atoms with Crippen LogP contribution in [0, 0.1) is 0 Å². The Labute approximate surface area is 121 Å². The van der Waals surface area contributed by atoms with Gasteiger partial charge in [0.25, 0.3) is 0 Å². The number of halogens is 1. The lowest BCUT2D eigenvalue weighted by atomic mass is 10.4. The van der Waals surface area contributed by atoms with Crippen LogP contribution in [0.3, 0.4) is 0 Å². The zero-order chi connectivity index (χ0) is 13.7. The third-order valence-electron chi connectivity index (χ3n) is 2.67. The molecule has 0 saturated carbocycles. The van der Waals surface area contributed by atoms with Gasteiger partial charge in [-0.3, -0.25) is 4.99 Å². The molecule has 0 spiro atoms. The number of hydrogen-bond donors (Lipinski definition) is 2. The molecule has 2 N–H and O–H groups in total. The summed E-state index contributed by atoms with van der Waals surface area (Å²) >= 11 is 3.45. The summed E-state index contributed by atoms with van der Waals surface area (Å²) in [6.07, 6.45) is 5.08. The maximum atomic E-state index is 4.54. The minimum absolute atomic E-state index is 0.655. The fourth-order valence-corrected chi connectivity index (χ4v) is 2.09. The van der Waals surface area contributed by atoms with Gasteiger partial charge in [0.15, 0.2) is 5.96 Å². The van der Waals surface area contributed by atoms with Crippen LogP contribution < -0.4 is 10.6 Å². The van der Waals surface area contributed by atoms with Gasteiger partial charge in [0, 0.05) is 30.5 Å². The van der Waals surface area contributed by atoms with E-state index in [1.807, 2.05) is 28.9 Å². The van der Waals surface area contributed by atoms with E-state index in [2.05, 4.69) is 43.5 Å². The predicted molar refractivity (Wildman–Crippen MR) is 81.4 cm³/mol. The third-order valence-corrected chi connectivity index (χ3v) is 3.14. The molecular formula is C13H18BrN5. The predicted octanol–water partition coefficient (Wildman–Crippen LogP) is 2.17. The van der Waals surface area contributed by atoms with Crippen molar-refractivity contribution in [2.24, 2.45) is 4.99 Å². The Balaban J connectivity index is 2.01. The van der Waals surface area contributed by atoms with E-state index in [4.69, 9.17) is 0 Å². The van der Waals surface area contributed by atoms with Gasteiger partial charge in [0.05, 0.1) is 12.2 Å². The van der Waals surface area contributed by atoms with Crippen LogP contribution >= 0.6 is 15.9 Å². The lowest BCUT2D eigenvalue weighted by molar-refractivity contribution is 0.775. The van der Waals surface area contributed by atoms with E-state index >= 15 is 0 Å². The van der Waals surface area contributed by atoms with E-state index < -0.39 is 0 Å². The zero-order valence-electron chi connectivity index (χ0n) is 11.2. The molecule has 0 unspecified atom stereocenters. The largest absolute Gasteiger partial charge is 0.356 e. The third kappa shape index (κ3) is 3.70. The second kappa shape index (κ2) is 6.56. The van der Waals surface area contributed by atoms with E-state index in [-0.39, 0.29) is 0 Å². The van der Waals surface area contributed by atoms with Crippen molar-refractivity contribution in [1.82, 2.24) is 20.0 Å². The van der Waals surface area contributed by atoms with Crippen molar-refractivity contribution in [3.63, 3.8) is 0 Å². The first-order valence-electron chi connectivity index (χ1n) is 6.30. The van der Waals surface area contributed by atoms with Crippen molar-refractivity contribution in [3.05, 3.63) is 34.7 Å². The maximum absolute atomic E-state index is 4.54. The summed E-state index contributed by atoms with van der Waals surface area (Å²) in [6.45, 7) is 3.70. The van der Waals surface area contributed by atoms with Crippen LogP contribution in [0.15, 0.2) is 34.0 Å². The van der Waals surface area contributed by atoms with Gasteiger partial charge in [-0.1, -0.05) is 6.92 Å². The molecule has 0 atom stereocenters. The quantitative estimate of drug-likeness (QED) is 0.669. The van der Waals surface area contributed by atoms with Crippen molar-refractivity contribution in [2.75, 3.05) is 13.6 Å². The Morgan fingerprint density at radius 2 is 2.21 bits per heavy atom. The van der Waals surface area contributed by atoms with E-state index in [0.717, 1.165) is 34.7 Å². The smallest absolute Gasteiger partial charge is 0.191 e. The fraction of sp³-hybridized carbons (Fsp3) is 0.385. The van der Waals surface area contributed by atoms with Crippen molar-refractivity contribution in [1.29, 1.82) is 0 Å². The van der Waals surface area contributed by atoms with Crippen molar-refractivity contribution in [3.8, 4) is 0 Å². The van der Waals surface area contributed by atoms with Crippen LogP contribution in [0.2, 0.25) is 0 Å². The molecule has 2 rings (SSSR count). The lowest BCUT2D eigenvalue weighted by Gasteiger charge is -2.09. The molecule has 0 aliphatic carbocycles. The van der Waals surface area contributed by atoms with Gasteiger partial charge in [-0.15, -0.1) is 0 Å². The minimum atomic E-state index is 0.655. The number of fused-ring (bicyclic) bond motifs is 1. The Bertz CT molecular complexity index is 575. The molecule has 2 aromatic heterocycles. The molecule has 0 saturated heterocycles. The molecule has 0 radical (unpaired) electrons. The number of nitrogens with one attached hydrogen (secondary N) is 2. The summed E-state index contributed by atoms with van der Waals surface area (Å²) < 4.78 is 3.04. The second-order valence-corrected chi connectivity index (χ2v) is 5.11. The van der Waals surface area contributed by atoms with Crippen LogP contribution in [0.4, 0.5) is 0 Å². The Morgan fingerprint density at radius 3 is 2.95 bits per heavy atom. The number of aliphatic imine (C=N–C) groups is 1. The molecule has 0 bridgehead atoms. The standard InChI is InChI=1S/C13H18BrN5/c1-3-6-16-13(15-2)17-7-11-9-19-8-10(14)4-5-12(19)18-11/h4-5,8-9H,3,6-7H2,1-2H3,(H2,15,16,17). The number of aromatic nitrogens is 2. The first-order chi connectivity index (χ1) is 9.22. The Hall–Kier alpha value is -1.56. The maximum Gasteiger partial charge on any atom is 0.191 e. The highest BCUT2D eigenvalue weighted by Gasteiger charge is 2.03. The lowest BCUT2D eigenvalue weighted by Crippen LogP contribution is -2.37. The number of imidazole rings is 1. The summed E-state index contributed by atoms with van der Waals surface area (Å²) in [5.74, 6) is 0.806. The number of nitrogens with zero attached hydrogens (tertiary/aromatic N) is 3. The molecule has 0 aliphatic heterocycles.